The first kappa shape index (κ1) is 19.1. The molecule has 1 aliphatic carbocycles. The van der Waals surface area contributed by atoms with Gasteiger partial charge in [0.25, 0.3) is 0 Å². The Morgan fingerprint density at radius 1 is 1.08 bits per heavy atom. The van der Waals surface area contributed by atoms with Crippen LogP contribution >= 0.6 is 0 Å². The Bertz CT molecular complexity index is 595. The molecule has 1 aliphatic heterocycles. The second-order valence-corrected chi connectivity index (χ2v) is 7.75. The van der Waals surface area contributed by atoms with E-state index in [0.717, 1.165) is 48.8 Å². The number of amides is 1. The van der Waals surface area contributed by atoms with Crippen LogP contribution in [0.5, 0.6) is 11.5 Å². The molecular formula is C22H33NO3. The molecule has 1 heterocycles. The second kappa shape index (κ2) is 9.29. The summed E-state index contributed by atoms with van der Waals surface area (Å²) in [5.74, 6) is 2.76. The minimum absolute atomic E-state index is 0.137. The van der Waals surface area contributed by atoms with E-state index in [1.807, 2.05) is 12.1 Å². The summed E-state index contributed by atoms with van der Waals surface area (Å²) < 4.78 is 10.9. The van der Waals surface area contributed by atoms with Gasteiger partial charge in [0.1, 0.15) is 11.5 Å². The van der Waals surface area contributed by atoms with Gasteiger partial charge in [0.15, 0.2) is 0 Å². The Kier molecular flexibility index (Phi) is 6.81. The van der Waals surface area contributed by atoms with Crippen molar-refractivity contribution in [2.45, 2.75) is 70.3 Å². The van der Waals surface area contributed by atoms with E-state index in [1.54, 1.807) is 14.2 Å². The predicted octanol–water partition coefficient (Wildman–Crippen LogP) is 5.12. The van der Waals surface area contributed by atoms with Crippen LogP contribution in [0.3, 0.4) is 0 Å². The van der Waals surface area contributed by atoms with Gasteiger partial charge >= 0.3 is 0 Å². The van der Waals surface area contributed by atoms with Gasteiger partial charge in [-0.25, -0.2) is 0 Å². The molecule has 1 saturated carbocycles. The molecule has 26 heavy (non-hydrogen) atoms. The minimum Gasteiger partial charge on any atom is -0.497 e. The van der Waals surface area contributed by atoms with Gasteiger partial charge in [0.05, 0.1) is 20.3 Å². The maximum absolute atomic E-state index is 12.9. The number of benzene rings is 1. The largest absolute Gasteiger partial charge is 0.497 e. The Morgan fingerprint density at radius 3 is 2.62 bits per heavy atom. The Hall–Kier alpha value is -1.71. The van der Waals surface area contributed by atoms with Crippen molar-refractivity contribution in [1.29, 1.82) is 0 Å². The monoisotopic (exact) mass is 359 g/mol. The Morgan fingerprint density at radius 2 is 1.88 bits per heavy atom. The lowest BCUT2D eigenvalue weighted by Crippen LogP contribution is -2.30. The third-order valence-electron chi connectivity index (χ3n) is 6.10. The highest BCUT2D eigenvalue weighted by Crippen LogP contribution is 2.39. The van der Waals surface area contributed by atoms with Crippen LogP contribution in [-0.4, -0.2) is 31.6 Å². The normalized spacial score (nSPS) is 21.0. The van der Waals surface area contributed by atoms with E-state index in [4.69, 9.17) is 9.47 Å². The highest BCUT2D eigenvalue weighted by Gasteiger charge is 2.31. The number of likely N-dealkylation sites (tertiary alicyclic amines) is 1. The van der Waals surface area contributed by atoms with Crippen molar-refractivity contribution >= 4 is 5.91 Å². The van der Waals surface area contributed by atoms with E-state index in [2.05, 4.69) is 11.0 Å². The van der Waals surface area contributed by atoms with Crippen molar-refractivity contribution in [1.82, 2.24) is 4.90 Å². The first-order valence-corrected chi connectivity index (χ1v) is 10.2. The van der Waals surface area contributed by atoms with Gasteiger partial charge in [0, 0.05) is 24.6 Å². The zero-order valence-electron chi connectivity index (χ0n) is 16.3. The average Bonchev–Trinajstić information content (AvgIpc) is 3.18. The van der Waals surface area contributed by atoms with E-state index in [-0.39, 0.29) is 6.04 Å². The van der Waals surface area contributed by atoms with E-state index in [0.29, 0.717) is 12.3 Å². The zero-order chi connectivity index (χ0) is 18.4. The highest BCUT2D eigenvalue weighted by molar-refractivity contribution is 5.77. The van der Waals surface area contributed by atoms with Crippen LogP contribution in [0.25, 0.3) is 0 Å². The third-order valence-corrected chi connectivity index (χ3v) is 6.10. The van der Waals surface area contributed by atoms with Crippen LogP contribution in [-0.2, 0) is 4.79 Å². The van der Waals surface area contributed by atoms with E-state index in [1.165, 1.54) is 38.5 Å². The lowest BCUT2D eigenvalue weighted by Gasteiger charge is -2.27. The molecule has 2 fully saturated rings. The summed E-state index contributed by atoms with van der Waals surface area (Å²) in [6, 6.07) is 6.06. The first-order chi connectivity index (χ1) is 12.7. The molecule has 1 aromatic carbocycles. The minimum atomic E-state index is 0.137. The number of hydrogen-bond donors (Lipinski definition) is 0. The van der Waals surface area contributed by atoms with Gasteiger partial charge in [-0.2, -0.15) is 0 Å². The van der Waals surface area contributed by atoms with E-state index < -0.39 is 0 Å². The van der Waals surface area contributed by atoms with Gasteiger partial charge in [-0.05, 0) is 43.7 Å². The average molecular weight is 360 g/mol. The number of carbonyl (C=O) groups excluding carboxylic acids is 1. The summed E-state index contributed by atoms with van der Waals surface area (Å²) >= 11 is 0. The molecule has 3 rings (SSSR count). The summed E-state index contributed by atoms with van der Waals surface area (Å²) in [7, 11) is 3.34. The second-order valence-electron chi connectivity index (χ2n) is 7.75. The van der Waals surface area contributed by atoms with Gasteiger partial charge in [0.2, 0.25) is 5.91 Å². The summed E-state index contributed by atoms with van der Waals surface area (Å²) in [5.41, 5.74) is 1.10. The number of ether oxygens (including phenoxy) is 2. The van der Waals surface area contributed by atoms with Crippen LogP contribution in [0.2, 0.25) is 0 Å². The molecule has 1 amide bonds. The quantitative estimate of drug-likeness (QED) is 0.678. The van der Waals surface area contributed by atoms with Crippen molar-refractivity contribution in [3.05, 3.63) is 23.8 Å². The topological polar surface area (TPSA) is 38.8 Å². The zero-order valence-corrected chi connectivity index (χ0v) is 16.3. The Balaban J connectivity index is 1.59. The fourth-order valence-corrected chi connectivity index (χ4v) is 4.64. The van der Waals surface area contributed by atoms with Crippen LogP contribution in [0.15, 0.2) is 18.2 Å². The van der Waals surface area contributed by atoms with Crippen LogP contribution < -0.4 is 9.47 Å². The number of hydrogen-bond acceptors (Lipinski definition) is 3. The molecule has 0 radical (unpaired) electrons. The lowest BCUT2D eigenvalue weighted by molar-refractivity contribution is -0.132. The summed E-state index contributed by atoms with van der Waals surface area (Å²) in [6.07, 6.45) is 11.9. The van der Waals surface area contributed by atoms with Gasteiger partial charge in [-0.1, -0.05) is 32.1 Å². The van der Waals surface area contributed by atoms with Crippen molar-refractivity contribution in [2.24, 2.45) is 5.92 Å². The number of rotatable bonds is 7. The van der Waals surface area contributed by atoms with Gasteiger partial charge < -0.3 is 14.4 Å². The molecule has 0 bridgehead atoms. The van der Waals surface area contributed by atoms with Crippen LogP contribution in [0, 0.1) is 5.92 Å². The van der Waals surface area contributed by atoms with Crippen LogP contribution in [0.4, 0.5) is 0 Å². The fourth-order valence-electron chi connectivity index (χ4n) is 4.64. The molecule has 0 spiro atoms. The maximum atomic E-state index is 12.9. The highest BCUT2D eigenvalue weighted by atomic mass is 16.5. The number of methoxy groups -OCH3 is 2. The van der Waals surface area contributed by atoms with Crippen molar-refractivity contribution < 1.29 is 14.3 Å². The molecule has 144 valence electrons. The van der Waals surface area contributed by atoms with Gasteiger partial charge in [-0.3, -0.25) is 4.79 Å². The van der Waals surface area contributed by atoms with E-state index in [9.17, 15) is 4.79 Å². The number of carbonyl (C=O) groups is 1. The molecule has 1 atom stereocenters. The fraction of sp³-hybridized carbons (Fsp3) is 0.682. The Labute approximate surface area is 157 Å². The summed E-state index contributed by atoms with van der Waals surface area (Å²) in [4.78, 5) is 14.9. The molecule has 0 aromatic heterocycles. The van der Waals surface area contributed by atoms with Crippen LogP contribution in [0.1, 0.15) is 75.8 Å². The smallest absolute Gasteiger partial charge is 0.223 e. The van der Waals surface area contributed by atoms with Crippen molar-refractivity contribution in [3.63, 3.8) is 0 Å². The summed E-state index contributed by atoms with van der Waals surface area (Å²) in [5, 5.41) is 0. The molecule has 1 unspecified atom stereocenters. The van der Waals surface area contributed by atoms with Crippen molar-refractivity contribution in [3.8, 4) is 11.5 Å². The number of nitrogens with zero attached hydrogens (tertiary/aromatic N) is 1. The molecule has 4 nitrogen and oxygen atoms in total. The van der Waals surface area contributed by atoms with Gasteiger partial charge in [-0.15, -0.1) is 0 Å². The van der Waals surface area contributed by atoms with Crippen molar-refractivity contribution in [2.75, 3.05) is 20.8 Å². The molecule has 1 aromatic rings. The molecule has 0 N–H and O–H groups in total. The van der Waals surface area contributed by atoms with E-state index >= 15 is 0 Å². The molecular weight excluding hydrogens is 326 g/mol. The third kappa shape index (κ3) is 4.52. The molecule has 4 heteroatoms. The standard InChI is InChI=1S/C22H33NO3/c1-25-18-13-14-19(21(16-18)26-2)20-11-7-15-23(20)22(24)12-6-10-17-8-4-3-5-9-17/h13-14,16-17,20H,3-12,15H2,1-2H3. The molecule has 1 saturated heterocycles. The SMILES string of the molecule is COc1ccc(C2CCCN2C(=O)CCCC2CCCCC2)c(OC)c1. The summed E-state index contributed by atoms with van der Waals surface area (Å²) in [6.45, 7) is 0.863. The maximum Gasteiger partial charge on any atom is 0.223 e. The first-order valence-electron chi connectivity index (χ1n) is 10.2. The predicted molar refractivity (Wildman–Crippen MR) is 104 cm³/mol. The molecule has 2 aliphatic rings. The lowest BCUT2D eigenvalue weighted by atomic mass is 9.86.